The first-order valence-corrected chi connectivity index (χ1v) is 6.39. The van der Waals surface area contributed by atoms with Crippen molar-refractivity contribution in [3.8, 4) is 0 Å². The molecule has 5 nitrogen and oxygen atoms in total. The van der Waals surface area contributed by atoms with E-state index in [4.69, 9.17) is 0 Å². The molecule has 17 heavy (non-hydrogen) atoms. The van der Waals surface area contributed by atoms with Crippen LogP contribution in [0, 0.1) is 5.92 Å². The van der Waals surface area contributed by atoms with E-state index in [1.54, 1.807) is 0 Å². The fraction of sp³-hybridized carbons (Fsp3) is 0.833. The minimum absolute atomic E-state index is 0.0495. The topological polar surface area (TPSA) is 70.2 Å². The summed E-state index contributed by atoms with van der Waals surface area (Å²) in [5, 5.41) is 8.72. The van der Waals surface area contributed by atoms with Gasteiger partial charge in [0.25, 0.3) is 0 Å². The van der Waals surface area contributed by atoms with Gasteiger partial charge in [-0.2, -0.15) is 0 Å². The second-order valence-corrected chi connectivity index (χ2v) is 4.58. The van der Waals surface area contributed by atoms with Gasteiger partial charge in [0.05, 0.1) is 6.04 Å². The van der Waals surface area contributed by atoms with Crippen LogP contribution in [0.1, 0.15) is 33.1 Å². The number of rotatable bonds is 5. The van der Waals surface area contributed by atoms with Gasteiger partial charge < -0.3 is 16.0 Å². The van der Waals surface area contributed by atoms with Crippen LogP contribution < -0.4 is 16.0 Å². The molecule has 3 N–H and O–H groups in total. The Morgan fingerprint density at radius 1 is 1.29 bits per heavy atom. The standard InChI is InChI=1S/C12H23N3O2/c1-3-10-4-5-14-11(8-10)12(17)15-7-6-13-9(2)16/h10-11,14H,3-8H2,1-2H3,(H,13,16)(H,15,17). The number of carbonyl (C=O) groups is 2. The number of piperidine rings is 1. The van der Waals surface area contributed by atoms with Gasteiger partial charge in [-0.15, -0.1) is 0 Å². The molecule has 5 heteroatoms. The predicted molar refractivity (Wildman–Crippen MR) is 66.5 cm³/mol. The zero-order chi connectivity index (χ0) is 12.7. The van der Waals surface area contributed by atoms with Gasteiger partial charge in [0, 0.05) is 20.0 Å². The minimum atomic E-state index is -0.0684. The van der Waals surface area contributed by atoms with Gasteiger partial charge in [-0.05, 0) is 25.3 Å². The van der Waals surface area contributed by atoms with Crippen molar-refractivity contribution in [3.63, 3.8) is 0 Å². The molecule has 2 amide bonds. The van der Waals surface area contributed by atoms with Crippen molar-refractivity contribution in [1.82, 2.24) is 16.0 Å². The van der Waals surface area contributed by atoms with Crippen molar-refractivity contribution in [3.05, 3.63) is 0 Å². The first kappa shape index (κ1) is 14.0. The summed E-state index contributed by atoms with van der Waals surface area (Å²) in [7, 11) is 0. The average molecular weight is 241 g/mol. The van der Waals surface area contributed by atoms with Gasteiger partial charge in [0.15, 0.2) is 0 Å². The monoisotopic (exact) mass is 241 g/mol. The highest BCUT2D eigenvalue weighted by Crippen LogP contribution is 2.19. The molecule has 1 fully saturated rings. The Morgan fingerprint density at radius 3 is 2.65 bits per heavy atom. The highest BCUT2D eigenvalue weighted by molar-refractivity contribution is 5.81. The molecular formula is C12H23N3O2. The zero-order valence-electron chi connectivity index (χ0n) is 10.7. The van der Waals surface area contributed by atoms with E-state index in [-0.39, 0.29) is 17.9 Å². The Kier molecular flexibility index (Phi) is 5.97. The number of hydrogen-bond donors (Lipinski definition) is 3. The number of amides is 2. The van der Waals surface area contributed by atoms with Crippen LogP contribution in [-0.2, 0) is 9.59 Å². The van der Waals surface area contributed by atoms with Gasteiger partial charge in [0.1, 0.15) is 0 Å². The van der Waals surface area contributed by atoms with E-state index in [2.05, 4.69) is 22.9 Å². The Labute approximate surface area is 103 Å². The van der Waals surface area contributed by atoms with Crippen LogP contribution in [0.25, 0.3) is 0 Å². The van der Waals surface area contributed by atoms with Crippen LogP contribution in [-0.4, -0.2) is 37.5 Å². The molecule has 0 aromatic rings. The molecule has 1 saturated heterocycles. The molecule has 0 aromatic heterocycles. The zero-order valence-corrected chi connectivity index (χ0v) is 10.7. The predicted octanol–water partition coefficient (Wildman–Crippen LogP) is 0.0169. The van der Waals surface area contributed by atoms with E-state index in [9.17, 15) is 9.59 Å². The van der Waals surface area contributed by atoms with Crippen molar-refractivity contribution in [2.75, 3.05) is 19.6 Å². The lowest BCUT2D eigenvalue weighted by molar-refractivity contribution is -0.124. The molecule has 1 rings (SSSR count). The van der Waals surface area contributed by atoms with Crippen molar-refractivity contribution in [2.24, 2.45) is 5.92 Å². The second kappa shape index (κ2) is 7.27. The third-order valence-electron chi connectivity index (χ3n) is 3.20. The molecule has 1 heterocycles. The van der Waals surface area contributed by atoms with E-state index in [1.165, 1.54) is 6.92 Å². The van der Waals surface area contributed by atoms with E-state index >= 15 is 0 Å². The molecule has 0 saturated carbocycles. The molecule has 98 valence electrons. The minimum Gasteiger partial charge on any atom is -0.355 e. The first-order valence-electron chi connectivity index (χ1n) is 6.39. The van der Waals surface area contributed by atoms with Crippen LogP contribution in [0.15, 0.2) is 0 Å². The molecule has 0 aromatic carbocycles. The summed E-state index contributed by atoms with van der Waals surface area (Å²) >= 11 is 0. The molecule has 0 bridgehead atoms. The van der Waals surface area contributed by atoms with Crippen LogP contribution in [0.5, 0.6) is 0 Å². The molecule has 1 aliphatic rings. The van der Waals surface area contributed by atoms with Crippen LogP contribution in [0.3, 0.4) is 0 Å². The highest BCUT2D eigenvalue weighted by Gasteiger charge is 2.25. The van der Waals surface area contributed by atoms with Gasteiger partial charge in [0.2, 0.25) is 11.8 Å². The maximum Gasteiger partial charge on any atom is 0.237 e. The Balaban J connectivity index is 2.20. The fourth-order valence-corrected chi connectivity index (χ4v) is 2.11. The summed E-state index contributed by atoms with van der Waals surface area (Å²) in [5.74, 6) is 0.636. The summed E-state index contributed by atoms with van der Waals surface area (Å²) in [6.45, 7) is 5.54. The molecule has 2 atom stereocenters. The summed E-state index contributed by atoms with van der Waals surface area (Å²) < 4.78 is 0. The lowest BCUT2D eigenvalue weighted by Gasteiger charge is -2.28. The summed E-state index contributed by atoms with van der Waals surface area (Å²) in [6, 6.07) is -0.0639. The van der Waals surface area contributed by atoms with Gasteiger partial charge in [-0.1, -0.05) is 13.3 Å². The van der Waals surface area contributed by atoms with Gasteiger partial charge >= 0.3 is 0 Å². The maximum absolute atomic E-state index is 11.8. The Morgan fingerprint density at radius 2 is 2.00 bits per heavy atom. The summed E-state index contributed by atoms with van der Waals surface area (Å²) in [4.78, 5) is 22.5. The average Bonchev–Trinajstić information content (AvgIpc) is 2.34. The highest BCUT2D eigenvalue weighted by atomic mass is 16.2. The van der Waals surface area contributed by atoms with Gasteiger partial charge in [-0.3, -0.25) is 9.59 Å². The normalized spacial score (nSPS) is 24.1. The molecular weight excluding hydrogens is 218 g/mol. The van der Waals surface area contributed by atoms with Crippen LogP contribution in [0.2, 0.25) is 0 Å². The largest absolute Gasteiger partial charge is 0.355 e. The molecule has 2 unspecified atom stereocenters. The van der Waals surface area contributed by atoms with E-state index in [0.717, 1.165) is 25.8 Å². The van der Waals surface area contributed by atoms with Crippen LogP contribution in [0.4, 0.5) is 0 Å². The maximum atomic E-state index is 11.8. The van der Waals surface area contributed by atoms with E-state index < -0.39 is 0 Å². The number of nitrogens with one attached hydrogen (secondary N) is 3. The molecule has 0 radical (unpaired) electrons. The summed E-state index contributed by atoms with van der Waals surface area (Å²) in [6.07, 6.45) is 3.21. The van der Waals surface area contributed by atoms with Crippen molar-refractivity contribution >= 4 is 11.8 Å². The smallest absolute Gasteiger partial charge is 0.237 e. The van der Waals surface area contributed by atoms with Crippen molar-refractivity contribution < 1.29 is 9.59 Å². The fourth-order valence-electron chi connectivity index (χ4n) is 2.11. The second-order valence-electron chi connectivity index (χ2n) is 4.58. The molecule has 0 aliphatic carbocycles. The number of hydrogen-bond acceptors (Lipinski definition) is 3. The summed E-state index contributed by atoms with van der Waals surface area (Å²) in [5.41, 5.74) is 0. The van der Waals surface area contributed by atoms with Crippen LogP contribution >= 0.6 is 0 Å². The Hall–Kier alpha value is -1.10. The number of carbonyl (C=O) groups excluding carboxylic acids is 2. The molecule has 0 spiro atoms. The third kappa shape index (κ3) is 5.17. The lowest BCUT2D eigenvalue weighted by atomic mass is 9.90. The van der Waals surface area contributed by atoms with Crippen molar-refractivity contribution in [1.29, 1.82) is 0 Å². The SMILES string of the molecule is CCC1CCNC(C(=O)NCCNC(C)=O)C1. The van der Waals surface area contributed by atoms with Crippen molar-refractivity contribution in [2.45, 2.75) is 39.2 Å². The lowest BCUT2D eigenvalue weighted by Crippen LogP contribution is -2.49. The molecule has 1 aliphatic heterocycles. The van der Waals surface area contributed by atoms with Gasteiger partial charge in [-0.25, -0.2) is 0 Å². The first-order chi connectivity index (χ1) is 8.13. The Bertz CT molecular complexity index is 268. The third-order valence-corrected chi connectivity index (χ3v) is 3.20. The van der Waals surface area contributed by atoms with E-state index in [0.29, 0.717) is 19.0 Å². The van der Waals surface area contributed by atoms with E-state index in [1.807, 2.05) is 0 Å². The quantitative estimate of drug-likeness (QED) is 0.594.